The maximum Gasteiger partial charge on any atom is 0.0846 e. The monoisotopic (exact) mass is 199 g/mol. The van der Waals surface area contributed by atoms with Crippen LogP contribution in [-0.2, 0) is 9.47 Å². The second-order valence-corrected chi connectivity index (χ2v) is 4.40. The molecule has 1 saturated heterocycles. The fourth-order valence-corrected chi connectivity index (χ4v) is 1.89. The lowest BCUT2D eigenvalue weighted by Gasteiger charge is -2.36. The third-order valence-electron chi connectivity index (χ3n) is 2.75. The average Bonchev–Trinajstić information content (AvgIpc) is 2.16. The van der Waals surface area contributed by atoms with Crippen LogP contribution in [0.15, 0.2) is 0 Å². The van der Waals surface area contributed by atoms with Gasteiger partial charge in [0.25, 0.3) is 0 Å². The lowest BCUT2D eigenvalue weighted by molar-refractivity contribution is -0.181. The molecule has 0 aromatic carbocycles. The summed E-state index contributed by atoms with van der Waals surface area (Å²) in [6, 6.07) is 0. The van der Waals surface area contributed by atoms with Gasteiger partial charge < -0.3 is 9.47 Å². The van der Waals surface area contributed by atoms with Crippen molar-refractivity contribution in [3.05, 3.63) is 5.92 Å². The Morgan fingerprint density at radius 2 is 1.86 bits per heavy atom. The van der Waals surface area contributed by atoms with Gasteiger partial charge in [-0.25, -0.2) is 0 Å². The first-order valence-electron chi connectivity index (χ1n) is 5.73. The fourth-order valence-electron chi connectivity index (χ4n) is 1.89. The van der Waals surface area contributed by atoms with Crippen molar-refractivity contribution >= 4 is 0 Å². The van der Waals surface area contributed by atoms with Crippen molar-refractivity contribution in [2.45, 2.75) is 65.3 Å². The van der Waals surface area contributed by atoms with Crippen LogP contribution in [0, 0.1) is 5.92 Å². The van der Waals surface area contributed by atoms with Gasteiger partial charge in [-0.05, 0) is 25.2 Å². The molecular formula is C12H23O2. The summed E-state index contributed by atoms with van der Waals surface area (Å²) in [6.07, 6.45) is 4.03. The van der Waals surface area contributed by atoms with E-state index in [-0.39, 0.29) is 6.10 Å². The van der Waals surface area contributed by atoms with E-state index in [1.54, 1.807) is 0 Å². The van der Waals surface area contributed by atoms with Gasteiger partial charge in [0.15, 0.2) is 0 Å². The van der Waals surface area contributed by atoms with Gasteiger partial charge in [0.2, 0.25) is 0 Å². The molecule has 0 bridgehead atoms. The zero-order valence-corrected chi connectivity index (χ0v) is 9.88. The first-order chi connectivity index (χ1) is 6.67. The molecule has 14 heavy (non-hydrogen) atoms. The third kappa shape index (κ3) is 3.25. The second kappa shape index (κ2) is 5.72. The van der Waals surface area contributed by atoms with Crippen molar-refractivity contribution in [3.63, 3.8) is 0 Å². The van der Waals surface area contributed by atoms with Crippen LogP contribution in [0.4, 0.5) is 0 Å². The SMILES string of the molecule is CCC1COC(CC)C(C[C](C)C)O1. The second-order valence-electron chi connectivity index (χ2n) is 4.40. The van der Waals surface area contributed by atoms with Crippen LogP contribution < -0.4 is 0 Å². The van der Waals surface area contributed by atoms with Crippen LogP contribution in [0.5, 0.6) is 0 Å². The molecule has 0 saturated carbocycles. The quantitative estimate of drug-likeness (QED) is 0.693. The first kappa shape index (κ1) is 12.0. The third-order valence-corrected chi connectivity index (χ3v) is 2.75. The molecular weight excluding hydrogens is 176 g/mol. The van der Waals surface area contributed by atoms with Crippen LogP contribution in [0.25, 0.3) is 0 Å². The average molecular weight is 199 g/mol. The molecule has 3 atom stereocenters. The van der Waals surface area contributed by atoms with E-state index in [1.807, 2.05) is 0 Å². The van der Waals surface area contributed by atoms with Gasteiger partial charge in [-0.2, -0.15) is 0 Å². The minimum absolute atomic E-state index is 0.281. The van der Waals surface area contributed by atoms with E-state index in [0.717, 1.165) is 25.9 Å². The highest BCUT2D eigenvalue weighted by atomic mass is 16.6. The summed E-state index contributed by atoms with van der Waals surface area (Å²) in [5.41, 5.74) is 0. The predicted octanol–water partition coefficient (Wildman–Crippen LogP) is 2.96. The lowest BCUT2D eigenvalue weighted by Crippen LogP contribution is -2.43. The molecule has 1 rings (SSSR count). The van der Waals surface area contributed by atoms with Crippen molar-refractivity contribution < 1.29 is 9.47 Å². The Morgan fingerprint density at radius 1 is 1.14 bits per heavy atom. The molecule has 1 radical (unpaired) electrons. The number of hydrogen-bond acceptors (Lipinski definition) is 2. The van der Waals surface area contributed by atoms with Crippen LogP contribution in [0.3, 0.4) is 0 Å². The molecule has 2 heteroatoms. The summed E-state index contributed by atoms with van der Waals surface area (Å²) in [7, 11) is 0. The zero-order chi connectivity index (χ0) is 10.6. The Labute approximate surface area is 88.0 Å². The topological polar surface area (TPSA) is 18.5 Å². The molecule has 0 aromatic rings. The molecule has 1 aliphatic heterocycles. The van der Waals surface area contributed by atoms with E-state index < -0.39 is 0 Å². The normalized spacial score (nSPS) is 33.6. The van der Waals surface area contributed by atoms with Crippen molar-refractivity contribution in [2.24, 2.45) is 0 Å². The molecule has 0 aliphatic carbocycles. The Kier molecular flexibility index (Phi) is 4.90. The van der Waals surface area contributed by atoms with Crippen molar-refractivity contribution in [3.8, 4) is 0 Å². The van der Waals surface area contributed by atoms with Crippen LogP contribution in [0.2, 0.25) is 0 Å². The van der Waals surface area contributed by atoms with Crippen molar-refractivity contribution in [1.82, 2.24) is 0 Å². The molecule has 2 nitrogen and oxygen atoms in total. The van der Waals surface area contributed by atoms with Gasteiger partial charge in [-0.3, -0.25) is 0 Å². The summed E-state index contributed by atoms with van der Waals surface area (Å²) in [6.45, 7) is 9.41. The summed E-state index contributed by atoms with van der Waals surface area (Å²) in [4.78, 5) is 0. The maximum atomic E-state index is 6.00. The molecule has 83 valence electrons. The van der Waals surface area contributed by atoms with Crippen molar-refractivity contribution in [1.29, 1.82) is 0 Å². The first-order valence-corrected chi connectivity index (χ1v) is 5.73. The van der Waals surface area contributed by atoms with Gasteiger partial charge in [-0.15, -0.1) is 0 Å². The minimum Gasteiger partial charge on any atom is -0.373 e. The molecule has 1 fully saturated rings. The molecule has 0 amide bonds. The Morgan fingerprint density at radius 3 is 2.36 bits per heavy atom. The molecule has 0 spiro atoms. The van der Waals surface area contributed by atoms with Gasteiger partial charge in [0.1, 0.15) is 0 Å². The summed E-state index contributed by atoms with van der Waals surface area (Å²) in [5, 5.41) is 0. The van der Waals surface area contributed by atoms with Crippen LogP contribution in [-0.4, -0.2) is 24.9 Å². The van der Waals surface area contributed by atoms with Crippen molar-refractivity contribution in [2.75, 3.05) is 6.61 Å². The van der Waals surface area contributed by atoms with E-state index >= 15 is 0 Å². The molecule has 0 N–H and O–H groups in total. The van der Waals surface area contributed by atoms with E-state index in [9.17, 15) is 0 Å². The Bertz CT molecular complexity index is 156. The van der Waals surface area contributed by atoms with Crippen LogP contribution >= 0.6 is 0 Å². The highest BCUT2D eigenvalue weighted by molar-refractivity contribution is 4.87. The van der Waals surface area contributed by atoms with E-state index in [0.29, 0.717) is 12.2 Å². The summed E-state index contributed by atoms with van der Waals surface area (Å²) in [5.74, 6) is 1.42. The summed E-state index contributed by atoms with van der Waals surface area (Å²) < 4.78 is 11.8. The molecule has 3 unspecified atom stereocenters. The maximum absolute atomic E-state index is 6.00. The lowest BCUT2D eigenvalue weighted by atomic mass is 9.98. The van der Waals surface area contributed by atoms with Crippen LogP contribution in [0.1, 0.15) is 47.0 Å². The largest absolute Gasteiger partial charge is 0.373 e. The number of rotatable bonds is 4. The van der Waals surface area contributed by atoms with E-state index in [4.69, 9.17) is 9.47 Å². The van der Waals surface area contributed by atoms with Gasteiger partial charge in [-0.1, -0.05) is 27.7 Å². The highest BCUT2D eigenvalue weighted by Gasteiger charge is 2.30. The van der Waals surface area contributed by atoms with Gasteiger partial charge in [0, 0.05) is 0 Å². The molecule has 1 aliphatic rings. The fraction of sp³-hybridized carbons (Fsp3) is 0.917. The zero-order valence-electron chi connectivity index (χ0n) is 9.88. The molecule has 0 aromatic heterocycles. The highest BCUT2D eigenvalue weighted by Crippen LogP contribution is 2.24. The van der Waals surface area contributed by atoms with E-state index in [2.05, 4.69) is 27.7 Å². The van der Waals surface area contributed by atoms with Gasteiger partial charge >= 0.3 is 0 Å². The standard InChI is InChI=1S/C12H23O2/c1-5-10-8-13-11(6-2)12(14-10)7-9(3)4/h10-12H,5-8H2,1-4H3. The minimum atomic E-state index is 0.281. The number of hydrogen-bond donors (Lipinski definition) is 0. The summed E-state index contributed by atoms with van der Waals surface area (Å²) >= 11 is 0. The van der Waals surface area contributed by atoms with E-state index in [1.165, 1.54) is 5.92 Å². The Hall–Kier alpha value is -0.0800. The number of ether oxygens (including phenoxy) is 2. The smallest absolute Gasteiger partial charge is 0.0846 e. The molecule has 1 heterocycles. The van der Waals surface area contributed by atoms with Gasteiger partial charge in [0.05, 0.1) is 24.9 Å². The Balaban J connectivity index is 2.47. The predicted molar refractivity (Wildman–Crippen MR) is 58.2 cm³/mol.